The van der Waals surface area contributed by atoms with Crippen LogP contribution in [-0.4, -0.2) is 55.1 Å². The number of nitrogens with zero attached hydrogens (tertiary/aromatic N) is 1. The van der Waals surface area contributed by atoms with Gasteiger partial charge in [0.15, 0.2) is 0 Å². The molecular formula is C37H40FNO4. The van der Waals surface area contributed by atoms with Gasteiger partial charge in [-0.2, -0.15) is 0 Å². The van der Waals surface area contributed by atoms with Crippen molar-refractivity contribution in [2.75, 3.05) is 19.7 Å². The van der Waals surface area contributed by atoms with E-state index >= 15 is 0 Å². The quantitative estimate of drug-likeness (QED) is 0.178. The third-order valence-corrected chi connectivity index (χ3v) is 8.44. The first-order valence-corrected chi connectivity index (χ1v) is 15.3. The Balaban J connectivity index is 1.23. The predicted octanol–water partition coefficient (Wildman–Crippen LogP) is 6.60. The summed E-state index contributed by atoms with van der Waals surface area (Å²) >= 11 is 0. The number of hydrogen-bond donors (Lipinski definition) is 0. The van der Waals surface area contributed by atoms with E-state index in [9.17, 15) is 4.39 Å². The highest BCUT2D eigenvalue weighted by Gasteiger charge is 2.52. The van der Waals surface area contributed by atoms with Gasteiger partial charge in [0.25, 0.3) is 0 Å². The minimum absolute atomic E-state index is 0.0101. The van der Waals surface area contributed by atoms with Crippen molar-refractivity contribution >= 4 is 0 Å². The molecule has 0 spiro atoms. The van der Waals surface area contributed by atoms with Gasteiger partial charge >= 0.3 is 0 Å². The van der Waals surface area contributed by atoms with Gasteiger partial charge in [0, 0.05) is 13.1 Å². The number of likely N-dealkylation sites (tertiary alicyclic amines) is 1. The summed E-state index contributed by atoms with van der Waals surface area (Å²) in [6.45, 7) is 3.62. The first-order chi connectivity index (χ1) is 21.2. The normalized spacial score (nSPS) is 23.7. The monoisotopic (exact) mass is 581 g/mol. The zero-order chi connectivity index (χ0) is 29.3. The fourth-order valence-electron chi connectivity index (χ4n) is 6.24. The third-order valence-electron chi connectivity index (χ3n) is 8.44. The van der Waals surface area contributed by atoms with Crippen molar-refractivity contribution in [1.82, 2.24) is 4.90 Å². The summed E-state index contributed by atoms with van der Waals surface area (Å²) in [5.74, 6) is -0.209. The average Bonchev–Trinajstić information content (AvgIpc) is 3.46. The molecule has 2 heterocycles. The van der Waals surface area contributed by atoms with Crippen LogP contribution >= 0.6 is 0 Å². The molecule has 224 valence electrons. The Morgan fingerprint density at radius 1 is 0.651 bits per heavy atom. The van der Waals surface area contributed by atoms with Gasteiger partial charge in [-0.1, -0.05) is 103 Å². The summed E-state index contributed by atoms with van der Waals surface area (Å²) in [6, 6.07) is 37.6. The van der Waals surface area contributed by atoms with Crippen LogP contribution in [-0.2, 0) is 45.2 Å². The van der Waals surface area contributed by atoms with E-state index in [1.165, 1.54) is 12.1 Å². The molecule has 2 fully saturated rings. The standard InChI is InChI=1S/C37H40FNO4/c38-32-18-16-28(17-19-32)20-22-39-23-21-33-35(39)37(42-26-31-14-8-3-9-15-31)36(41-25-30-12-6-2-7-13-30)34(43-33)27-40-24-29-10-4-1-5-11-29/h1-19,33-37H,20-27H2. The second-order valence-corrected chi connectivity index (χ2v) is 11.4. The molecule has 2 aliphatic rings. The number of rotatable bonds is 13. The van der Waals surface area contributed by atoms with Gasteiger partial charge in [0.1, 0.15) is 24.1 Å². The number of hydrogen-bond acceptors (Lipinski definition) is 5. The molecule has 4 aromatic carbocycles. The van der Waals surface area contributed by atoms with Crippen LogP contribution in [0.15, 0.2) is 115 Å². The molecule has 0 saturated carbocycles. The average molecular weight is 582 g/mol. The lowest BCUT2D eigenvalue weighted by Gasteiger charge is -2.46. The minimum Gasteiger partial charge on any atom is -0.374 e. The first kappa shape index (κ1) is 29.7. The maximum atomic E-state index is 13.5. The molecule has 5 unspecified atom stereocenters. The molecule has 0 radical (unpaired) electrons. The SMILES string of the molecule is Fc1ccc(CCN2CCC3OC(COCc4ccccc4)C(OCc4ccccc4)C(OCc4ccccc4)C32)cc1. The number of benzene rings is 4. The summed E-state index contributed by atoms with van der Waals surface area (Å²) in [5.41, 5.74) is 4.48. The van der Waals surface area contributed by atoms with Gasteiger partial charge in [-0.15, -0.1) is 0 Å². The fourth-order valence-corrected chi connectivity index (χ4v) is 6.24. The number of halogens is 1. The van der Waals surface area contributed by atoms with Crippen LogP contribution < -0.4 is 0 Å². The van der Waals surface area contributed by atoms with Crippen molar-refractivity contribution < 1.29 is 23.3 Å². The highest BCUT2D eigenvalue weighted by atomic mass is 19.1. The Hall–Kier alpha value is -3.39. The van der Waals surface area contributed by atoms with Crippen molar-refractivity contribution in [3.8, 4) is 0 Å². The molecule has 6 heteroatoms. The highest BCUT2D eigenvalue weighted by Crippen LogP contribution is 2.36. The molecule has 0 N–H and O–H groups in total. The van der Waals surface area contributed by atoms with Crippen molar-refractivity contribution in [3.63, 3.8) is 0 Å². The van der Waals surface area contributed by atoms with E-state index in [0.717, 1.165) is 48.2 Å². The summed E-state index contributed by atoms with van der Waals surface area (Å²) in [4.78, 5) is 2.48. The molecule has 0 amide bonds. The van der Waals surface area contributed by atoms with Crippen molar-refractivity contribution in [2.24, 2.45) is 0 Å². The molecule has 0 bridgehead atoms. The lowest BCUT2D eigenvalue weighted by atomic mass is 9.92. The Kier molecular flexibility index (Phi) is 10.3. The highest BCUT2D eigenvalue weighted by molar-refractivity contribution is 5.18. The number of ether oxygens (including phenoxy) is 4. The van der Waals surface area contributed by atoms with E-state index in [2.05, 4.69) is 41.3 Å². The molecule has 5 nitrogen and oxygen atoms in total. The second kappa shape index (κ2) is 14.9. The van der Waals surface area contributed by atoms with E-state index in [-0.39, 0.29) is 36.3 Å². The third kappa shape index (κ3) is 7.96. The summed E-state index contributed by atoms with van der Waals surface area (Å²) < 4.78 is 40.1. The Bertz CT molecular complexity index is 1370. The maximum absolute atomic E-state index is 13.5. The molecule has 4 aromatic rings. The first-order valence-electron chi connectivity index (χ1n) is 15.3. The summed E-state index contributed by atoms with van der Waals surface area (Å²) in [7, 11) is 0. The smallest absolute Gasteiger partial charge is 0.123 e. The molecule has 2 saturated heterocycles. The van der Waals surface area contributed by atoms with Gasteiger partial charge < -0.3 is 18.9 Å². The van der Waals surface area contributed by atoms with Crippen LogP contribution in [0.25, 0.3) is 0 Å². The van der Waals surface area contributed by atoms with Gasteiger partial charge in [-0.25, -0.2) is 4.39 Å². The van der Waals surface area contributed by atoms with Gasteiger partial charge in [0.05, 0.1) is 38.6 Å². The molecule has 2 aliphatic heterocycles. The zero-order valence-electron chi connectivity index (χ0n) is 24.5. The molecule has 5 atom stereocenters. The molecule has 6 rings (SSSR count). The maximum Gasteiger partial charge on any atom is 0.123 e. The summed E-state index contributed by atoms with van der Waals surface area (Å²) in [6.07, 6.45) is 0.937. The summed E-state index contributed by atoms with van der Waals surface area (Å²) in [5, 5.41) is 0. The minimum atomic E-state index is -0.327. The van der Waals surface area contributed by atoms with Crippen LogP contribution in [0.5, 0.6) is 0 Å². The van der Waals surface area contributed by atoms with E-state index < -0.39 is 0 Å². The van der Waals surface area contributed by atoms with E-state index in [0.29, 0.717) is 26.4 Å². The molecule has 0 aliphatic carbocycles. The molecular weight excluding hydrogens is 541 g/mol. The lowest BCUT2D eigenvalue weighted by Crippen LogP contribution is -2.62. The predicted molar refractivity (Wildman–Crippen MR) is 165 cm³/mol. The van der Waals surface area contributed by atoms with E-state index in [1.54, 1.807) is 0 Å². The largest absolute Gasteiger partial charge is 0.374 e. The van der Waals surface area contributed by atoms with Crippen molar-refractivity contribution in [2.45, 2.75) is 63.1 Å². The van der Waals surface area contributed by atoms with Crippen molar-refractivity contribution in [3.05, 3.63) is 143 Å². The van der Waals surface area contributed by atoms with Gasteiger partial charge in [-0.05, 0) is 47.2 Å². The lowest BCUT2D eigenvalue weighted by molar-refractivity contribution is -0.235. The molecule has 43 heavy (non-hydrogen) atoms. The van der Waals surface area contributed by atoms with Crippen molar-refractivity contribution in [1.29, 1.82) is 0 Å². The Morgan fingerprint density at radius 3 is 1.81 bits per heavy atom. The van der Waals surface area contributed by atoms with Gasteiger partial charge in [0.2, 0.25) is 0 Å². The second-order valence-electron chi connectivity index (χ2n) is 11.4. The fraction of sp³-hybridized carbons (Fsp3) is 0.351. The van der Waals surface area contributed by atoms with E-state index in [4.69, 9.17) is 18.9 Å². The molecule has 0 aromatic heterocycles. The van der Waals surface area contributed by atoms with Crippen LogP contribution in [0, 0.1) is 5.82 Å². The van der Waals surface area contributed by atoms with Crippen LogP contribution in [0.2, 0.25) is 0 Å². The van der Waals surface area contributed by atoms with E-state index in [1.807, 2.05) is 66.7 Å². The van der Waals surface area contributed by atoms with Crippen LogP contribution in [0.4, 0.5) is 4.39 Å². The topological polar surface area (TPSA) is 40.2 Å². The Labute approximate surface area is 254 Å². The number of fused-ring (bicyclic) bond motifs is 1. The van der Waals surface area contributed by atoms with Gasteiger partial charge in [-0.3, -0.25) is 4.90 Å². The Morgan fingerprint density at radius 2 is 1.21 bits per heavy atom. The van der Waals surface area contributed by atoms with Crippen LogP contribution in [0.1, 0.15) is 28.7 Å². The zero-order valence-corrected chi connectivity index (χ0v) is 24.5. The van der Waals surface area contributed by atoms with Crippen LogP contribution in [0.3, 0.4) is 0 Å².